The average molecular weight is 438 g/mol. The number of hydrogen-bond donors (Lipinski definition) is 2. The smallest absolute Gasteiger partial charge is 0.262 e. The molecular weight excluding hydrogens is 418 g/mol. The summed E-state index contributed by atoms with van der Waals surface area (Å²) in [4.78, 5) is 16.8. The third kappa shape index (κ3) is 4.80. The van der Waals surface area contributed by atoms with Crippen LogP contribution in [0.4, 0.5) is 5.69 Å². The number of sulfonamides is 1. The van der Waals surface area contributed by atoms with Gasteiger partial charge in [-0.1, -0.05) is 17.7 Å². The lowest BCUT2D eigenvalue weighted by Crippen LogP contribution is -2.29. The van der Waals surface area contributed by atoms with Crippen molar-refractivity contribution >= 4 is 39.1 Å². The van der Waals surface area contributed by atoms with Crippen LogP contribution in [-0.4, -0.2) is 40.9 Å². The van der Waals surface area contributed by atoms with Crippen molar-refractivity contribution in [2.45, 2.75) is 17.7 Å². The van der Waals surface area contributed by atoms with Crippen molar-refractivity contribution in [3.8, 4) is 11.5 Å². The Labute approximate surface area is 173 Å². The van der Waals surface area contributed by atoms with Gasteiger partial charge >= 0.3 is 0 Å². The molecule has 1 amide bonds. The summed E-state index contributed by atoms with van der Waals surface area (Å²) in [6, 6.07) is 8.88. The van der Waals surface area contributed by atoms with E-state index in [1.165, 1.54) is 38.5 Å². The molecule has 0 bridgehead atoms. The summed E-state index contributed by atoms with van der Waals surface area (Å²) in [5, 5.41) is 2.88. The first-order valence-electron chi connectivity index (χ1n) is 8.73. The van der Waals surface area contributed by atoms with Crippen LogP contribution in [0, 0.1) is 0 Å². The Morgan fingerprint density at radius 1 is 1.17 bits per heavy atom. The number of halogens is 1. The van der Waals surface area contributed by atoms with Gasteiger partial charge in [-0.15, -0.1) is 0 Å². The van der Waals surface area contributed by atoms with E-state index in [4.69, 9.17) is 21.1 Å². The Kier molecular flexibility index (Phi) is 6.29. The molecule has 2 aromatic carbocycles. The van der Waals surface area contributed by atoms with Crippen LogP contribution >= 0.6 is 11.6 Å². The Balaban J connectivity index is 1.81. The fourth-order valence-corrected chi connectivity index (χ4v) is 4.25. The van der Waals surface area contributed by atoms with Crippen LogP contribution in [0.15, 0.2) is 46.3 Å². The fraction of sp³-hybridized carbons (Fsp3) is 0.263. The number of carbonyl (C=O) groups is 1. The molecule has 0 aliphatic carbocycles. The topological polar surface area (TPSA) is 106 Å². The minimum absolute atomic E-state index is 0.0234. The largest absolute Gasteiger partial charge is 0.493 e. The first-order valence-corrected chi connectivity index (χ1v) is 10.6. The number of ether oxygens (including phenoxy) is 2. The van der Waals surface area contributed by atoms with Crippen molar-refractivity contribution in [2.75, 3.05) is 26.1 Å². The van der Waals surface area contributed by atoms with E-state index in [0.29, 0.717) is 36.0 Å². The molecule has 0 saturated carbocycles. The van der Waals surface area contributed by atoms with Crippen LogP contribution in [0.5, 0.6) is 11.5 Å². The SMILES string of the molecule is COc1cc(C(=O)Nc2cccc(S(=O)(=O)NC3=NCCC3)c2)cc(Cl)c1OC. The van der Waals surface area contributed by atoms with Gasteiger partial charge in [-0.3, -0.25) is 14.5 Å². The van der Waals surface area contributed by atoms with Gasteiger partial charge in [0.05, 0.1) is 24.1 Å². The zero-order chi connectivity index (χ0) is 21.0. The van der Waals surface area contributed by atoms with Gasteiger partial charge < -0.3 is 14.8 Å². The van der Waals surface area contributed by atoms with Gasteiger partial charge in [-0.05, 0) is 36.8 Å². The highest BCUT2D eigenvalue weighted by molar-refractivity contribution is 7.90. The van der Waals surface area contributed by atoms with Crippen LogP contribution in [0.2, 0.25) is 5.02 Å². The van der Waals surface area contributed by atoms with Crippen LogP contribution in [0.3, 0.4) is 0 Å². The predicted octanol–water partition coefficient (Wildman–Crippen LogP) is 3.08. The summed E-state index contributed by atoms with van der Waals surface area (Å²) in [5.41, 5.74) is 0.552. The molecule has 0 aromatic heterocycles. The average Bonchev–Trinajstić information content (AvgIpc) is 3.19. The summed E-state index contributed by atoms with van der Waals surface area (Å²) in [5.74, 6) is 0.595. The molecule has 1 aliphatic heterocycles. The number of nitrogens with one attached hydrogen (secondary N) is 2. The number of nitrogens with zero attached hydrogens (tertiary/aromatic N) is 1. The molecule has 1 heterocycles. The molecule has 8 nitrogen and oxygen atoms in total. The number of aliphatic imine (C=N–C) groups is 1. The molecule has 0 radical (unpaired) electrons. The second kappa shape index (κ2) is 8.71. The first-order chi connectivity index (χ1) is 13.8. The molecule has 0 saturated heterocycles. The maximum absolute atomic E-state index is 12.6. The molecule has 0 unspecified atom stereocenters. The van der Waals surface area contributed by atoms with Crippen molar-refractivity contribution < 1.29 is 22.7 Å². The Morgan fingerprint density at radius 3 is 2.62 bits per heavy atom. The summed E-state index contributed by atoms with van der Waals surface area (Å²) in [6.45, 7) is 0.613. The summed E-state index contributed by atoms with van der Waals surface area (Å²) < 4.78 is 37.9. The summed E-state index contributed by atoms with van der Waals surface area (Å²) in [7, 11) is -0.901. The summed E-state index contributed by atoms with van der Waals surface area (Å²) >= 11 is 6.14. The quantitative estimate of drug-likeness (QED) is 0.722. The third-order valence-corrected chi connectivity index (χ3v) is 5.88. The molecule has 154 valence electrons. The number of amides is 1. The van der Waals surface area contributed by atoms with E-state index in [2.05, 4.69) is 15.0 Å². The monoisotopic (exact) mass is 437 g/mol. The molecule has 2 N–H and O–H groups in total. The highest BCUT2D eigenvalue weighted by Gasteiger charge is 2.20. The fourth-order valence-electron chi connectivity index (χ4n) is 2.83. The van der Waals surface area contributed by atoms with Crippen LogP contribution in [-0.2, 0) is 10.0 Å². The number of hydrogen-bond acceptors (Lipinski definition) is 6. The zero-order valence-electron chi connectivity index (χ0n) is 15.9. The maximum atomic E-state index is 12.6. The standard InChI is InChI=1S/C19H20ClN3O5S/c1-27-16-10-12(9-15(20)18(16)28-2)19(24)22-13-5-3-6-14(11-13)29(25,26)23-17-7-4-8-21-17/h3,5-6,9-11H,4,7-8H2,1-2H3,(H,21,23)(H,22,24). The maximum Gasteiger partial charge on any atom is 0.262 e. The van der Waals surface area contributed by atoms with Crippen molar-refractivity contribution in [1.82, 2.24) is 4.72 Å². The van der Waals surface area contributed by atoms with Crippen molar-refractivity contribution in [1.29, 1.82) is 0 Å². The Bertz CT molecular complexity index is 1070. The third-order valence-electron chi connectivity index (χ3n) is 4.22. The number of carbonyl (C=O) groups excluding carboxylic acids is 1. The molecule has 0 atom stereocenters. The van der Waals surface area contributed by atoms with Gasteiger partial charge in [-0.2, -0.15) is 0 Å². The van der Waals surface area contributed by atoms with Crippen LogP contribution < -0.4 is 19.5 Å². The molecular formula is C19H20ClN3O5S. The number of amidine groups is 1. The van der Waals surface area contributed by atoms with Gasteiger partial charge in [-0.25, -0.2) is 8.42 Å². The number of anilines is 1. The molecule has 0 spiro atoms. The predicted molar refractivity (Wildman–Crippen MR) is 111 cm³/mol. The van der Waals surface area contributed by atoms with E-state index in [0.717, 1.165) is 6.42 Å². The Morgan fingerprint density at radius 2 is 1.97 bits per heavy atom. The van der Waals surface area contributed by atoms with Crippen molar-refractivity contribution in [3.63, 3.8) is 0 Å². The summed E-state index contributed by atoms with van der Waals surface area (Å²) in [6.07, 6.45) is 1.41. The van der Waals surface area contributed by atoms with E-state index in [1.54, 1.807) is 12.1 Å². The van der Waals surface area contributed by atoms with Gasteiger partial charge in [0.25, 0.3) is 15.9 Å². The zero-order valence-corrected chi connectivity index (χ0v) is 17.4. The van der Waals surface area contributed by atoms with Crippen molar-refractivity contribution in [3.05, 3.63) is 47.0 Å². The Hall–Kier alpha value is -2.78. The van der Waals surface area contributed by atoms with Crippen LogP contribution in [0.1, 0.15) is 23.2 Å². The molecule has 29 heavy (non-hydrogen) atoms. The molecule has 0 fully saturated rings. The lowest BCUT2D eigenvalue weighted by Gasteiger charge is -2.13. The highest BCUT2D eigenvalue weighted by Crippen LogP contribution is 2.36. The lowest BCUT2D eigenvalue weighted by molar-refractivity contribution is 0.102. The van der Waals surface area contributed by atoms with Gasteiger partial charge in [0.1, 0.15) is 5.84 Å². The molecule has 1 aliphatic rings. The van der Waals surface area contributed by atoms with Gasteiger partial charge in [0.2, 0.25) is 0 Å². The van der Waals surface area contributed by atoms with Gasteiger partial charge in [0, 0.05) is 24.2 Å². The normalized spacial score (nSPS) is 13.6. The lowest BCUT2D eigenvalue weighted by atomic mass is 10.1. The molecule has 2 aromatic rings. The number of methoxy groups -OCH3 is 2. The van der Waals surface area contributed by atoms with E-state index in [9.17, 15) is 13.2 Å². The first kappa shape index (κ1) is 20.9. The van der Waals surface area contributed by atoms with E-state index in [1.807, 2.05) is 0 Å². The number of rotatable bonds is 6. The molecule has 3 rings (SSSR count). The second-order valence-corrected chi connectivity index (χ2v) is 8.30. The highest BCUT2D eigenvalue weighted by atomic mass is 35.5. The van der Waals surface area contributed by atoms with Crippen molar-refractivity contribution in [2.24, 2.45) is 4.99 Å². The second-order valence-electron chi connectivity index (χ2n) is 6.21. The minimum atomic E-state index is -3.78. The van der Waals surface area contributed by atoms with Gasteiger partial charge in [0.15, 0.2) is 11.5 Å². The van der Waals surface area contributed by atoms with Crippen LogP contribution in [0.25, 0.3) is 0 Å². The van der Waals surface area contributed by atoms with E-state index in [-0.39, 0.29) is 15.5 Å². The minimum Gasteiger partial charge on any atom is -0.493 e. The molecule has 10 heteroatoms. The van der Waals surface area contributed by atoms with E-state index >= 15 is 0 Å². The van der Waals surface area contributed by atoms with E-state index < -0.39 is 15.9 Å². The number of benzene rings is 2.